The fourth-order valence-corrected chi connectivity index (χ4v) is 2.72. The normalized spacial score (nSPS) is 10.3. The Labute approximate surface area is 143 Å². The molecule has 2 rings (SSSR count). The number of anilines is 1. The summed E-state index contributed by atoms with van der Waals surface area (Å²) in [5.74, 6) is -0.609. The van der Waals surface area contributed by atoms with Gasteiger partial charge in [-0.1, -0.05) is 17.7 Å². The van der Waals surface area contributed by atoms with Gasteiger partial charge >= 0.3 is 0 Å². The minimum atomic E-state index is -0.341. The second-order valence-electron chi connectivity index (χ2n) is 5.40. The van der Waals surface area contributed by atoms with Crippen molar-refractivity contribution in [2.24, 2.45) is 0 Å². The highest BCUT2D eigenvalue weighted by Crippen LogP contribution is 2.21. The molecule has 0 bridgehead atoms. The number of amides is 2. The molecule has 0 radical (unpaired) electrons. The number of carbonyl (C=O) groups is 2. The highest BCUT2D eigenvalue weighted by atomic mass is 79.9. The molecule has 1 aromatic carbocycles. The number of carbonyl (C=O) groups excluding carboxylic acids is 2. The molecule has 0 aliphatic carbocycles. The smallest absolute Gasteiger partial charge is 0.253 e. The number of benzene rings is 1. The van der Waals surface area contributed by atoms with E-state index in [-0.39, 0.29) is 18.4 Å². The van der Waals surface area contributed by atoms with Crippen molar-refractivity contribution in [3.63, 3.8) is 0 Å². The first-order valence-corrected chi connectivity index (χ1v) is 7.92. The third-order valence-electron chi connectivity index (χ3n) is 3.32. The molecule has 0 saturated heterocycles. The third-order valence-corrected chi connectivity index (χ3v) is 3.75. The van der Waals surface area contributed by atoms with Crippen LogP contribution in [0.15, 0.2) is 35.1 Å². The largest absolute Gasteiger partial charge is 0.343 e. The summed E-state index contributed by atoms with van der Waals surface area (Å²) in [6.07, 6.45) is 3.04. The van der Waals surface area contributed by atoms with E-state index in [1.165, 1.54) is 6.20 Å². The zero-order chi connectivity index (χ0) is 17.0. The van der Waals surface area contributed by atoms with Crippen LogP contribution >= 0.6 is 15.9 Å². The van der Waals surface area contributed by atoms with Gasteiger partial charge in [-0.3, -0.25) is 14.6 Å². The average molecular weight is 376 g/mol. The van der Waals surface area contributed by atoms with Crippen LogP contribution in [0.4, 0.5) is 5.69 Å². The number of hydrogen-bond acceptors (Lipinski definition) is 3. The summed E-state index contributed by atoms with van der Waals surface area (Å²) in [4.78, 5) is 28.0. The van der Waals surface area contributed by atoms with Crippen LogP contribution in [0.2, 0.25) is 0 Å². The maximum absolute atomic E-state index is 12.1. The number of hydrogen-bond donors (Lipinski definition) is 2. The van der Waals surface area contributed by atoms with Gasteiger partial charge in [0.05, 0.1) is 12.1 Å². The first-order chi connectivity index (χ1) is 10.9. The van der Waals surface area contributed by atoms with E-state index < -0.39 is 0 Å². The van der Waals surface area contributed by atoms with Crippen LogP contribution in [0, 0.1) is 20.8 Å². The van der Waals surface area contributed by atoms with Crippen molar-refractivity contribution in [1.82, 2.24) is 10.3 Å². The molecule has 0 unspecified atom stereocenters. The van der Waals surface area contributed by atoms with E-state index in [0.717, 1.165) is 22.4 Å². The highest BCUT2D eigenvalue weighted by molar-refractivity contribution is 9.10. The topological polar surface area (TPSA) is 71.1 Å². The SMILES string of the molecule is Cc1cc(C)c(NC(=O)CNC(=O)c2cncc(Br)c2)c(C)c1. The average Bonchev–Trinajstić information content (AvgIpc) is 2.48. The van der Waals surface area contributed by atoms with E-state index in [9.17, 15) is 9.59 Å². The van der Waals surface area contributed by atoms with E-state index in [1.807, 2.05) is 32.9 Å². The zero-order valence-corrected chi connectivity index (χ0v) is 14.8. The molecule has 0 saturated carbocycles. The van der Waals surface area contributed by atoms with Crippen LogP contribution in [0.1, 0.15) is 27.0 Å². The summed E-state index contributed by atoms with van der Waals surface area (Å²) in [6.45, 7) is 5.80. The van der Waals surface area contributed by atoms with Gasteiger partial charge in [0.1, 0.15) is 0 Å². The molecule has 0 atom stereocenters. The molecular weight excluding hydrogens is 358 g/mol. The quantitative estimate of drug-likeness (QED) is 0.861. The van der Waals surface area contributed by atoms with E-state index in [1.54, 1.807) is 12.3 Å². The molecule has 0 aliphatic heterocycles. The number of nitrogens with zero attached hydrogens (tertiary/aromatic N) is 1. The molecule has 0 fully saturated rings. The summed E-state index contributed by atoms with van der Waals surface area (Å²) in [7, 11) is 0. The second-order valence-corrected chi connectivity index (χ2v) is 6.31. The van der Waals surface area contributed by atoms with Gasteiger partial charge < -0.3 is 10.6 Å². The number of aryl methyl sites for hydroxylation is 3. The molecule has 1 aromatic heterocycles. The molecule has 120 valence electrons. The number of pyridine rings is 1. The molecule has 0 aliphatic rings. The van der Waals surface area contributed by atoms with Crippen LogP contribution in [0.25, 0.3) is 0 Å². The first-order valence-electron chi connectivity index (χ1n) is 7.13. The second kappa shape index (κ2) is 7.37. The maximum Gasteiger partial charge on any atom is 0.253 e. The van der Waals surface area contributed by atoms with Gasteiger partial charge in [-0.25, -0.2) is 0 Å². The fraction of sp³-hybridized carbons (Fsp3) is 0.235. The lowest BCUT2D eigenvalue weighted by atomic mass is 10.1. The lowest BCUT2D eigenvalue weighted by Gasteiger charge is -2.13. The van der Waals surface area contributed by atoms with Crippen molar-refractivity contribution in [2.45, 2.75) is 20.8 Å². The first kappa shape index (κ1) is 17.1. The number of aromatic nitrogens is 1. The molecule has 0 spiro atoms. The van der Waals surface area contributed by atoms with Crippen molar-refractivity contribution in [3.05, 3.63) is 57.3 Å². The van der Waals surface area contributed by atoms with E-state index in [2.05, 4.69) is 31.5 Å². The van der Waals surface area contributed by atoms with Gasteiger partial charge in [0.15, 0.2) is 0 Å². The predicted octanol–water partition coefficient (Wildman–Crippen LogP) is 3.14. The van der Waals surface area contributed by atoms with Crippen LogP contribution in [-0.2, 0) is 4.79 Å². The van der Waals surface area contributed by atoms with Gasteiger partial charge in [-0.2, -0.15) is 0 Å². The Balaban J connectivity index is 1.97. The summed E-state index contributed by atoms with van der Waals surface area (Å²) in [5.41, 5.74) is 4.33. The Hall–Kier alpha value is -2.21. The Bertz CT molecular complexity index is 736. The molecule has 6 heteroatoms. The molecule has 5 nitrogen and oxygen atoms in total. The predicted molar refractivity (Wildman–Crippen MR) is 93.6 cm³/mol. The molecule has 1 heterocycles. The lowest BCUT2D eigenvalue weighted by Crippen LogP contribution is -2.33. The zero-order valence-electron chi connectivity index (χ0n) is 13.2. The van der Waals surface area contributed by atoms with E-state index >= 15 is 0 Å². The fourth-order valence-electron chi connectivity index (χ4n) is 2.36. The number of nitrogens with one attached hydrogen (secondary N) is 2. The maximum atomic E-state index is 12.1. The summed E-state index contributed by atoms with van der Waals surface area (Å²) < 4.78 is 0.709. The molecule has 2 aromatic rings. The van der Waals surface area contributed by atoms with E-state index in [4.69, 9.17) is 0 Å². The van der Waals surface area contributed by atoms with Gasteiger partial charge in [-0.15, -0.1) is 0 Å². The Morgan fingerprint density at radius 2 is 1.74 bits per heavy atom. The van der Waals surface area contributed by atoms with Gasteiger partial charge in [-0.05, 0) is 53.9 Å². The van der Waals surface area contributed by atoms with E-state index in [0.29, 0.717) is 10.0 Å². The summed E-state index contributed by atoms with van der Waals surface area (Å²) >= 11 is 3.25. The van der Waals surface area contributed by atoms with Crippen molar-refractivity contribution in [1.29, 1.82) is 0 Å². The Kier molecular flexibility index (Phi) is 5.50. The highest BCUT2D eigenvalue weighted by Gasteiger charge is 2.11. The minimum absolute atomic E-state index is 0.0991. The third kappa shape index (κ3) is 4.63. The summed E-state index contributed by atoms with van der Waals surface area (Å²) in [6, 6.07) is 5.66. The van der Waals surface area contributed by atoms with Crippen LogP contribution < -0.4 is 10.6 Å². The van der Waals surface area contributed by atoms with Crippen molar-refractivity contribution >= 4 is 33.4 Å². The van der Waals surface area contributed by atoms with Gasteiger partial charge in [0.2, 0.25) is 5.91 Å². The summed E-state index contributed by atoms with van der Waals surface area (Å²) in [5, 5.41) is 5.43. The van der Waals surface area contributed by atoms with Crippen molar-refractivity contribution in [3.8, 4) is 0 Å². The Morgan fingerprint density at radius 1 is 1.09 bits per heavy atom. The van der Waals surface area contributed by atoms with Crippen molar-refractivity contribution in [2.75, 3.05) is 11.9 Å². The monoisotopic (exact) mass is 375 g/mol. The number of rotatable bonds is 4. The van der Waals surface area contributed by atoms with Crippen LogP contribution in [-0.4, -0.2) is 23.3 Å². The minimum Gasteiger partial charge on any atom is -0.343 e. The lowest BCUT2D eigenvalue weighted by molar-refractivity contribution is -0.115. The van der Waals surface area contributed by atoms with Crippen molar-refractivity contribution < 1.29 is 9.59 Å². The standard InChI is InChI=1S/C17H18BrN3O2/c1-10-4-11(2)16(12(3)5-10)21-15(22)9-20-17(23)13-6-14(18)8-19-7-13/h4-8H,9H2,1-3H3,(H,20,23)(H,21,22). The molecule has 23 heavy (non-hydrogen) atoms. The molecule has 2 N–H and O–H groups in total. The van der Waals surface area contributed by atoms with Crippen LogP contribution in [0.5, 0.6) is 0 Å². The van der Waals surface area contributed by atoms with Gasteiger partial charge in [0.25, 0.3) is 5.91 Å². The number of halogens is 1. The van der Waals surface area contributed by atoms with Gasteiger partial charge in [0, 0.05) is 22.6 Å². The molecular formula is C17H18BrN3O2. The van der Waals surface area contributed by atoms with Crippen LogP contribution in [0.3, 0.4) is 0 Å². The molecule has 2 amide bonds. The Morgan fingerprint density at radius 3 is 2.35 bits per heavy atom.